The summed E-state index contributed by atoms with van der Waals surface area (Å²) in [5.74, 6) is 2.22. The summed E-state index contributed by atoms with van der Waals surface area (Å²) >= 11 is 0. The lowest BCUT2D eigenvalue weighted by molar-refractivity contribution is 0.316. The normalized spacial score (nSPS) is 11.9. The van der Waals surface area contributed by atoms with Crippen LogP contribution in [0, 0.1) is 0 Å². The SMILES string of the molecule is CN=C(NCCOc1ccccc1C(C)C)NC(C)(C)C.I. The molecule has 0 saturated heterocycles. The van der Waals surface area contributed by atoms with Gasteiger partial charge in [0.05, 0.1) is 6.54 Å². The number of hydrogen-bond donors (Lipinski definition) is 2. The quantitative estimate of drug-likeness (QED) is 0.331. The van der Waals surface area contributed by atoms with E-state index in [1.807, 2.05) is 12.1 Å². The van der Waals surface area contributed by atoms with Gasteiger partial charge in [-0.05, 0) is 38.3 Å². The first kappa shape index (κ1) is 21.0. The molecule has 0 fully saturated rings. The summed E-state index contributed by atoms with van der Waals surface area (Å²) in [4.78, 5) is 4.20. The molecule has 0 amide bonds. The highest BCUT2D eigenvalue weighted by Gasteiger charge is 2.11. The van der Waals surface area contributed by atoms with Crippen LogP contribution < -0.4 is 15.4 Å². The van der Waals surface area contributed by atoms with Crippen molar-refractivity contribution >= 4 is 29.9 Å². The summed E-state index contributed by atoms with van der Waals surface area (Å²) < 4.78 is 5.88. The third-order valence-electron chi connectivity index (χ3n) is 2.91. The van der Waals surface area contributed by atoms with Crippen LogP contribution in [0.15, 0.2) is 29.3 Å². The molecule has 22 heavy (non-hydrogen) atoms. The number of benzene rings is 1. The Balaban J connectivity index is 0.00000441. The van der Waals surface area contributed by atoms with Crippen molar-refractivity contribution in [2.75, 3.05) is 20.2 Å². The van der Waals surface area contributed by atoms with Gasteiger partial charge >= 0.3 is 0 Å². The van der Waals surface area contributed by atoms with Crippen LogP contribution >= 0.6 is 24.0 Å². The van der Waals surface area contributed by atoms with Gasteiger partial charge in [-0.15, -0.1) is 24.0 Å². The van der Waals surface area contributed by atoms with E-state index in [-0.39, 0.29) is 29.5 Å². The largest absolute Gasteiger partial charge is 0.491 e. The van der Waals surface area contributed by atoms with E-state index < -0.39 is 0 Å². The minimum atomic E-state index is -0.00700. The molecule has 0 aromatic heterocycles. The van der Waals surface area contributed by atoms with Crippen LogP contribution in [-0.2, 0) is 0 Å². The highest BCUT2D eigenvalue weighted by molar-refractivity contribution is 14.0. The second kappa shape index (κ2) is 9.92. The van der Waals surface area contributed by atoms with Crippen LogP contribution in [0.25, 0.3) is 0 Å². The second-order valence-corrected chi connectivity index (χ2v) is 6.41. The predicted molar refractivity (Wildman–Crippen MR) is 106 cm³/mol. The van der Waals surface area contributed by atoms with Gasteiger partial charge in [0.2, 0.25) is 0 Å². The van der Waals surface area contributed by atoms with Gasteiger partial charge < -0.3 is 15.4 Å². The topological polar surface area (TPSA) is 45.7 Å². The molecule has 0 saturated carbocycles. The van der Waals surface area contributed by atoms with E-state index in [0.29, 0.717) is 19.1 Å². The van der Waals surface area contributed by atoms with Crippen LogP contribution in [0.3, 0.4) is 0 Å². The van der Waals surface area contributed by atoms with Gasteiger partial charge in [-0.2, -0.15) is 0 Å². The molecule has 0 spiro atoms. The van der Waals surface area contributed by atoms with Crippen molar-refractivity contribution in [2.24, 2.45) is 4.99 Å². The van der Waals surface area contributed by atoms with Crippen molar-refractivity contribution in [3.63, 3.8) is 0 Å². The summed E-state index contributed by atoms with van der Waals surface area (Å²) in [6, 6.07) is 8.20. The second-order valence-electron chi connectivity index (χ2n) is 6.41. The van der Waals surface area contributed by atoms with Gasteiger partial charge in [-0.1, -0.05) is 32.0 Å². The lowest BCUT2D eigenvalue weighted by Gasteiger charge is -2.23. The van der Waals surface area contributed by atoms with Crippen LogP contribution in [0.1, 0.15) is 46.1 Å². The first-order valence-corrected chi connectivity index (χ1v) is 7.54. The zero-order valence-electron chi connectivity index (χ0n) is 14.6. The number of nitrogens with one attached hydrogen (secondary N) is 2. The minimum absolute atomic E-state index is 0. The standard InChI is InChI=1S/C17H29N3O.HI/c1-13(2)14-9-7-8-10-15(14)21-12-11-19-16(18-6)20-17(3,4)5;/h7-10,13H,11-12H2,1-6H3,(H2,18,19,20);1H. The van der Waals surface area contributed by atoms with E-state index in [0.717, 1.165) is 11.7 Å². The fraction of sp³-hybridized carbons (Fsp3) is 0.588. The lowest BCUT2D eigenvalue weighted by atomic mass is 10.0. The molecular formula is C17H30IN3O. The molecular weight excluding hydrogens is 389 g/mol. The van der Waals surface area contributed by atoms with Crippen molar-refractivity contribution in [2.45, 2.75) is 46.1 Å². The fourth-order valence-electron chi connectivity index (χ4n) is 1.95. The average Bonchev–Trinajstić information content (AvgIpc) is 2.41. The molecule has 126 valence electrons. The Morgan fingerprint density at radius 1 is 1.23 bits per heavy atom. The summed E-state index contributed by atoms with van der Waals surface area (Å²) in [5.41, 5.74) is 1.24. The van der Waals surface area contributed by atoms with E-state index >= 15 is 0 Å². The van der Waals surface area contributed by atoms with Crippen LogP contribution in [0.4, 0.5) is 0 Å². The maximum absolute atomic E-state index is 5.88. The number of nitrogens with zero attached hydrogens (tertiary/aromatic N) is 1. The Morgan fingerprint density at radius 2 is 1.86 bits per heavy atom. The number of aliphatic imine (C=N–C) groups is 1. The zero-order valence-corrected chi connectivity index (χ0v) is 16.9. The van der Waals surface area contributed by atoms with Crippen molar-refractivity contribution < 1.29 is 4.74 Å². The first-order valence-electron chi connectivity index (χ1n) is 7.54. The van der Waals surface area contributed by atoms with Crippen LogP contribution in [-0.4, -0.2) is 31.7 Å². The van der Waals surface area contributed by atoms with Crippen molar-refractivity contribution in [3.8, 4) is 5.75 Å². The molecule has 5 heteroatoms. The van der Waals surface area contributed by atoms with E-state index in [4.69, 9.17) is 4.74 Å². The molecule has 0 aliphatic heterocycles. The Bertz CT molecular complexity index is 467. The summed E-state index contributed by atoms with van der Waals surface area (Å²) in [7, 11) is 1.77. The van der Waals surface area contributed by atoms with Gasteiger partial charge in [-0.25, -0.2) is 0 Å². The molecule has 1 rings (SSSR count). The third-order valence-corrected chi connectivity index (χ3v) is 2.91. The van der Waals surface area contributed by atoms with E-state index in [1.54, 1.807) is 7.05 Å². The molecule has 0 radical (unpaired) electrons. The van der Waals surface area contributed by atoms with Crippen molar-refractivity contribution in [1.29, 1.82) is 0 Å². The highest BCUT2D eigenvalue weighted by Crippen LogP contribution is 2.25. The molecule has 0 unspecified atom stereocenters. The number of hydrogen-bond acceptors (Lipinski definition) is 2. The van der Waals surface area contributed by atoms with Gasteiger partial charge in [0.1, 0.15) is 12.4 Å². The fourth-order valence-corrected chi connectivity index (χ4v) is 1.95. The first-order chi connectivity index (χ1) is 9.83. The number of ether oxygens (including phenoxy) is 1. The number of rotatable bonds is 5. The smallest absolute Gasteiger partial charge is 0.191 e. The molecule has 4 nitrogen and oxygen atoms in total. The number of para-hydroxylation sites is 1. The van der Waals surface area contributed by atoms with Gasteiger partial charge in [0.25, 0.3) is 0 Å². The average molecular weight is 419 g/mol. The lowest BCUT2D eigenvalue weighted by Crippen LogP contribution is -2.48. The van der Waals surface area contributed by atoms with E-state index in [2.05, 4.69) is 62.4 Å². The van der Waals surface area contributed by atoms with Crippen LogP contribution in [0.2, 0.25) is 0 Å². The number of guanidine groups is 1. The molecule has 2 N–H and O–H groups in total. The molecule has 0 bridgehead atoms. The van der Waals surface area contributed by atoms with Gasteiger partial charge in [0, 0.05) is 12.6 Å². The Hall–Kier alpha value is -0.980. The summed E-state index contributed by atoms with van der Waals surface area (Å²) in [6.45, 7) is 12.0. The van der Waals surface area contributed by atoms with E-state index in [9.17, 15) is 0 Å². The Labute approximate surface area is 152 Å². The maximum atomic E-state index is 5.88. The Morgan fingerprint density at radius 3 is 2.41 bits per heavy atom. The molecule has 1 aromatic rings. The minimum Gasteiger partial charge on any atom is -0.491 e. The summed E-state index contributed by atoms with van der Waals surface area (Å²) in [5, 5.41) is 6.58. The molecule has 0 heterocycles. The molecule has 0 aliphatic carbocycles. The van der Waals surface area contributed by atoms with Gasteiger partial charge in [0.15, 0.2) is 5.96 Å². The third kappa shape index (κ3) is 7.87. The molecule has 0 atom stereocenters. The van der Waals surface area contributed by atoms with Gasteiger partial charge in [-0.3, -0.25) is 4.99 Å². The van der Waals surface area contributed by atoms with Crippen molar-refractivity contribution in [3.05, 3.63) is 29.8 Å². The maximum Gasteiger partial charge on any atom is 0.191 e. The van der Waals surface area contributed by atoms with Crippen LogP contribution in [0.5, 0.6) is 5.75 Å². The summed E-state index contributed by atoms with van der Waals surface area (Å²) in [6.07, 6.45) is 0. The van der Waals surface area contributed by atoms with E-state index in [1.165, 1.54) is 5.56 Å². The number of halogens is 1. The molecule has 0 aliphatic rings. The zero-order chi connectivity index (χ0) is 15.9. The predicted octanol–water partition coefficient (Wildman–Crippen LogP) is 3.77. The van der Waals surface area contributed by atoms with Crippen molar-refractivity contribution in [1.82, 2.24) is 10.6 Å². The Kier molecular flexibility index (Phi) is 9.48. The monoisotopic (exact) mass is 419 g/mol. The molecule has 1 aromatic carbocycles. The highest BCUT2D eigenvalue weighted by atomic mass is 127.